The van der Waals surface area contributed by atoms with E-state index in [9.17, 15) is 0 Å². The fourth-order valence-corrected chi connectivity index (χ4v) is 4.12. The topological polar surface area (TPSA) is 30.8 Å². The zero-order chi connectivity index (χ0) is 20.7. The standard InChI is InChI=1S/C26H43NO2/c1-4-6-8-10-12-14-16-24-25(17-15-13-11-9-7-5-2)29-26(27-24)22-18-20-23(28-3)21-19-22/h18-21,24-25H,4-17H2,1-3H3. The lowest BCUT2D eigenvalue weighted by atomic mass is 9.98. The van der Waals surface area contributed by atoms with Crippen molar-refractivity contribution in [2.45, 2.75) is 116 Å². The molecule has 0 bridgehead atoms. The van der Waals surface area contributed by atoms with Crippen LogP contribution in [0.1, 0.15) is 109 Å². The van der Waals surface area contributed by atoms with Gasteiger partial charge < -0.3 is 9.47 Å². The summed E-state index contributed by atoms with van der Waals surface area (Å²) in [6.07, 6.45) is 18.5. The molecule has 0 saturated carbocycles. The monoisotopic (exact) mass is 401 g/mol. The molecule has 2 unspecified atom stereocenters. The second kappa shape index (κ2) is 14.5. The van der Waals surface area contributed by atoms with E-state index >= 15 is 0 Å². The third-order valence-corrected chi connectivity index (χ3v) is 6.01. The van der Waals surface area contributed by atoms with Crippen LogP contribution < -0.4 is 4.74 Å². The first kappa shape index (κ1) is 23.8. The molecule has 0 radical (unpaired) electrons. The Bertz CT molecular complexity index is 567. The molecule has 29 heavy (non-hydrogen) atoms. The van der Waals surface area contributed by atoms with Crippen LogP contribution in [0.2, 0.25) is 0 Å². The van der Waals surface area contributed by atoms with E-state index < -0.39 is 0 Å². The van der Waals surface area contributed by atoms with Gasteiger partial charge in [-0.05, 0) is 43.5 Å². The Morgan fingerprint density at radius 1 is 0.759 bits per heavy atom. The van der Waals surface area contributed by atoms with E-state index in [-0.39, 0.29) is 6.10 Å². The number of aliphatic imine (C=N–C) groups is 1. The van der Waals surface area contributed by atoms with Gasteiger partial charge >= 0.3 is 0 Å². The molecule has 2 atom stereocenters. The van der Waals surface area contributed by atoms with Crippen molar-refractivity contribution in [1.82, 2.24) is 0 Å². The molecule has 0 aliphatic carbocycles. The van der Waals surface area contributed by atoms with Crippen LogP contribution in [0.3, 0.4) is 0 Å². The van der Waals surface area contributed by atoms with Crippen molar-refractivity contribution < 1.29 is 9.47 Å². The number of benzene rings is 1. The Morgan fingerprint density at radius 2 is 1.31 bits per heavy atom. The summed E-state index contributed by atoms with van der Waals surface area (Å²) in [5.74, 6) is 1.71. The van der Waals surface area contributed by atoms with Crippen molar-refractivity contribution in [2.24, 2.45) is 4.99 Å². The summed E-state index contributed by atoms with van der Waals surface area (Å²) in [7, 11) is 1.70. The Balaban J connectivity index is 1.85. The van der Waals surface area contributed by atoms with E-state index in [1.54, 1.807) is 7.11 Å². The minimum Gasteiger partial charge on any atom is -0.497 e. The molecule has 2 rings (SSSR count). The summed E-state index contributed by atoms with van der Waals surface area (Å²) in [6, 6.07) is 8.43. The number of ether oxygens (including phenoxy) is 2. The predicted octanol–water partition coefficient (Wildman–Crippen LogP) is 7.71. The predicted molar refractivity (Wildman–Crippen MR) is 124 cm³/mol. The number of hydrogen-bond donors (Lipinski definition) is 0. The lowest BCUT2D eigenvalue weighted by molar-refractivity contribution is 0.172. The van der Waals surface area contributed by atoms with E-state index in [2.05, 4.69) is 26.0 Å². The van der Waals surface area contributed by atoms with Crippen LogP contribution in [-0.2, 0) is 4.74 Å². The zero-order valence-electron chi connectivity index (χ0n) is 19.1. The van der Waals surface area contributed by atoms with Gasteiger partial charge in [0.2, 0.25) is 5.90 Å². The van der Waals surface area contributed by atoms with Crippen LogP contribution >= 0.6 is 0 Å². The first-order valence-electron chi connectivity index (χ1n) is 12.2. The first-order chi connectivity index (χ1) is 14.3. The lowest BCUT2D eigenvalue weighted by Gasteiger charge is -2.18. The highest BCUT2D eigenvalue weighted by atomic mass is 16.5. The summed E-state index contributed by atoms with van der Waals surface area (Å²) >= 11 is 0. The van der Waals surface area contributed by atoms with Crippen molar-refractivity contribution in [3.8, 4) is 5.75 Å². The van der Waals surface area contributed by atoms with Gasteiger partial charge in [-0.25, -0.2) is 4.99 Å². The molecule has 3 nitrogen and oxygen atoms in total. The Labute approximate surface area is 179 Å². The van der Waals surface area contributed by atoms with Gasteiger partial charge in [-0.1, -0.05) is 84.5 Å². The van der Waals surface area contributed by atoms with Crippen LogP contribution in [0.4, 0.5) is 0 Å². The highest BCUT2D eigenvalue weighted by Crippen LogP contribution is 2.27. The highest BCUT2D eigenvalue weighted by molar-refractivity contribution is 5.95. The molecule has 1 aliphatic rings. The van der Waals surface area contributed by atoms with Crippen LogP contribution in [0.25, 0.3) is 0 Å². The minimum absolute atomic E-state index is 0.258. The molecule has 1 aromatic carbocycles. The van der Waals surface area contributed by atoms with Crippen LogP contribution in [0.5, 0.6) is 5.75 Å². The van der Waals surface area contributed by atoms with Gasteiger partial charge in [-0.3, -0.25) is 0 Å². The Hall–Kier alpha value is -1.51. The van der Waals surface area contributed by atoms with E-state index in [0.717, 1.165) is 30.1 Å². The molecule has 0 fully saturated rings. The van der Waals surface area contributed by atoms with Crippen LogP contribution in [0, 0.1) is 0 Å². The molecule has 3 heteroatoms. The quantitative estimate of drug-likeness (QED) is 0.266. The third kappa shape index (κ3) is 8.80. The van der Waals surface area contributed by atoms with E-state index in [0.29, 0.717) is 6.04 Å². The third-order valence-electron chi connectivity index (χ3n) is 6.01. The molecule has 164 valence electrons. The zero-order valence-corrected chi connectivity index (χ0v) is 19.1. The maximum Gasteiger partial charge on any atom is 0.216 e. The fourth-order valence-electron chi connectivity index (χ4n) is 4.12. The molecule has 0 amide bonds. The van der Waals surface area contributed by atoms with Gasteiger partial charge in [-0.2, -0.15) is 0 Å². The number of unbranched alkanes of at least 4 members (excludes halogenated alkanes) is 10. The van der Waals surface area contributed by atoms with Gasteiger partial charge in [0.15, 0.2) is 0 Å². The second-order valence-corrected chi connectivity index (χ2v) is 8.50. The maximum atomic E-state index is 6.37. The molecular formula is C26H43NO2. The first-order valence-corrected chi connectivity index (χ1v) is 12.2. The highest BCUT2D eigenvalue weighted by Gasteiger charge is 2.30. The summed E-state index contributed by atoms with van der Waals surface area (Å²) in [6.45, 7) is 4.55. The lowest BCUT2D eigenvalue weighted by Crippen LogP contribution is -2.22. The van der Waals surface area contributed by atoms with E-state index in [1.807, 2.05) is 12.1 Å². The SMILES string of the molecule is CCCCCCCCC1N=C(c2ccc(OC)cc2)OC1CCCCCCCC. The Morgan fingerprint density at radius 3 is 1.90 bits per heavy atom. The van der Waals surface area contributed by atoms with Gasteiger partial charge in [0.05, 0.1) is 13.2 Å². The second-order valence-electron chi connectivity index (χ2n) is 8.50. The van der Waals surface area contributed by atoms with Crippen molar-refractivity contribution in [1.29, 1.82) is 0 Å². The normalized spacial score (nSPS) is 18.5. The molecule has 0 spiro atoms. The van der Waals surface area contributed by atoms with Crippen molar-refractivity contribution in [3.05, 3.63) is 29.8 Å². The van der Waals surface area contributed by atoms with Gasteiger partial charge in [-0.15, -0.1) is 0 Å². The van der Waals surface area contributed by atoms with E-state index in [4.69, 9.17) is 14.5 Å². The molecule has 1 aliphatic heterocycles. The van der Waals surface area contributed by atoms with Crippen molar-refractivity contribution in [2.75, 3.05) is 7.11 Å². The molecule has 0 N–H and O–H groups in total. The summed E-state index contributed by atoms with van der Waals surface area (Å²) in [4.78, 5) is 5.01. The molecule has 0 saturated heterocycles. The van der Waals surface area contributed by atoms with Gasteiger partial charge in [0.1, 0.15) is 11.9 Å². The number of rotatable bonds is 16. The summed E-state index contributed by atoms with van der Waals surface area (Å²) in [5, 5.41) is 0. The Kier molecular flexibility index (Phi) is 11.9. The van der Waals surface area contributed by atoms with Crippen molar-refractivity contribution >= 4 is 5.90 Å². The average Bonchev–Trinajstić information content (AvgIpc) is 3.16. The number of nitrogens with zero attached hydrogens (tertiary/aromatic N) is 1. The largest absolute Gasteiger partial charge is 0.497 e. The van der Waals surface area contributed by atoms with Crippen LogP contribution in [0.15, 0.2) is 29.3 Å². The fraction of sp³-hybridized carbons (Fsp3) is 0.731. The van der Waals surface area contributed by atoms with Gasteiger partial charge in [0, 0.05) is 5.56 Å². The van der Waals surface area contributed by atoms with E-state index in [1.165, 1.54) is 77.0 Å². The maximum absolute atomic E-state index is 6.37. The molecule has 1 aromatic rings. The number of methoxy groups -OCH3 is 1. The minimum atomic E-state index is 0.258. The molecule has 0 aromatic heterocycles. The summed E-state index contributed by atoms with van der Waals surface area (Å²) < 4.78 is 11.6. The van der Waals surface area contributed by atoms with Crippen molar-refractivity contribution in [3.63, 3.8) is 0 Å². The molecular weight excluding hydrogens is 358 g/mol. The number of hydrogen-bond acceptors (Lipinski definition) is 3. The summed E-state index contributed by atoms with van der Waals surface area (Å²) in [5.41, 5.74) is 1.07. The van der Waals surface area contributed by atoms with Crippen LogP contribution in [-0.4, -0.2) is 25.2 Å². The molecule has 1 heterocycles. The smallest absolute Gasteiger partial charge is 0.216 e. The van der Waals surface area contributed by atoms with Gasteiger partial charge in [0.25, 0.3) is 0 Å². The average molecular weight is 402 g/mol.